The summed E-state index contributed by atoms with van der Waals surface area (Å²) in [7, 11) is 1.25. The number of rotatable bonds is 7. The number of ether oxygens (including phenoxy) is 2. The molecule has 1 aliphatic carbocycles. The topological polar surface area (TPSA) is 94.5 Å². The van der Waals surface area contributed by atoms with Crippen molar-refractivity contribution >= 4 is 34.5 Å². The maximum Gasteiger partial charge on any atom is 0.573 e. The van der Waals surface area contributed by atoms with Gasteiger partial charge >= 0.3 is 12.3 Å². The third-order valence-corrected chi connectivity index (χ3v) is 6.93. The van der Waals surface area contributed by atoms with Gasteiger partial charge in [-0.15, -0.1) is 13.2 Å². The van der Waals surface area contributed by atoms with Gasteiger partial charge in [-0.25, -0.2) is 9.78 Å². The van der Waals surface area contributed by atoms with Crippen molar-refractivity contribution in [1.29, 1.82) is 0 Å². The number of nitrogens with one attached hydrogen (secondary N) is 2. The van der Waals surface area contributed by atoms with Crippen LogP contribution in [0.2, 0.25) is 0 Å². The number of nitrogens with zero attached hydrogens (tertiary/aromatic N) is 2. The van der Waals surface area contributed by atoms with E-state index in [1.165, 1.54) is 38.3 Å². The van der Waals surface area contributed by atoms with Gasteiger partial charge in [0, 0.05) is 17.3 Å². The molecule has 210 valence electrons. The molecular weight excluding hydrogens is 513 g/mol. The SMILES string of the molecule is COC(=O)C(C)NC(=O)c1ccc2c(c1)nc(Nc1ccc(OC(F)(F)F)cc1)n2C1CC(C)CC(C)(C)C1. The van der Waals surface area contributed by atoms with Crippen molar-refractivity contribution in [3.05, 3.63) is 48.0 Å². The summed E-state index contributed by atoms with van der Waals surface area (Å²) < 4.78 is 48.5. The lowest BCUT2D eigenvalue weighted by atomic mass is 9.70. The Bertz CT molecular complexity index is 1350. The second-order valence-electron chi connectivity index (χ2n) is 11.0. The normalized spacial score (nSPS) is 19.8. The highest BCUT2D eigenvalue weighted by molar-refractivity contribution is 5.99. The summed E-state index contributed by atoms with van der Waals surface area (Å²) >= 11 is 0. The maximum atomic E-state index is 12.8. The number of amides is 1. The van der Waals surface area contributed by atoms with Crippen molar-refractivity contribution in [3.8, 4) is 5.75 Å². The Balaban J connectivity index is 1.70. The summed E-state index contributed by atoms with van der Waals surface area (Å²) in [6.07, 6.45) is -1.83. The number of methoxy groups -OCH3 is 1. The molecule has 3 atom stereocenters. The van der Waals surface area contributed by atoms with E-state index in [1.807, 2.05) is 6.07 Å². The zero-order valence-electron chi connectivity index (χ0n) is 22.6. The predicted octanol–water partition coefficient (Wildman–Crippen LogP) is 6.36. The van der Waals surface area contributed by atoms with Gasteiger partial charge in [0.15, 0.2) is 0 Å². The van der Waals surface area contributed by atoms with Gasteiger partial charge < -0.3 is 24.7 Å². The number of benzene rings is 2. The summed E-state index contributed by atoms with van der Waals surface area (Å²) in [6, 6.07) is 9.93. The third kappa shape index (κ3) is 6.82. The predicted molar refractivity (Wildman–Crippen MR) is 141 cm³/mol. The Morgan fingerprint density at radius 2 is 1.82 bits per heavy atom. The summed E-state index contributed by atoms with van der Waals surface area (Å²) in [5, 5.41) is 5.87. The molecule has 4 rings (SSSR count). The molecule has 1 aromatic heterocycles. The van der Waals surface area contributed by atoms with Gasteiger partial charge in [-0.1, -0.05) is 20.8 Å². The number of carbonyl (C=O) groups is 2. The molecule has 2 aromatic carbocycles. The fourth-order valence-corrected chi connectivity index (χ4v) is 5.57. The van der Waals surface area contributed by atoms with Crippen LogP contribution in [0.15, 0.2) is 42.5 Å². The molecule has 3 aromatic rings. The summed E-state index contributed by atoms with van der Waals surface area (Å²) in [5.41, 5.74) is 2.37. The number of alkyl halides is 3. The molecule has 2 N–H and O–H groups in total. The Morgan fingerprint density at radius 3 is 2.44 bits per heavy atom. The third-order valence-electron chi connectivity index (χ3n) is 6.93. The first-order chi connectivity index (χ1) is 18.2. The van der Waals surface area contributed by atoms with Gasteiger partial charge in [0.1, 0.15) is 11.8 Å². The molecule has 0 saturated heterocycles. The average molecular weight is 547 g/mol. The average Bonchev–Trinajstić information content (AvgIpc) is 3.19. The Kier molecular flexibility index (Phi) is 7.81. The minimum Gasteiger partial charge on any atom is -0.467 e. The number of anilines is 2. The van der Waals surface area contributed by atoms with E-state index in [0.29, 0.717) is 28.6 Å². The van der Waals surface area contributed by atoms with Crippen molar-refractivity contribution in [2.24, 2.45) is 11.3 Å². The zero-order valence-corrected chi connectivity index (χ0v) is 22.6. The number of carbonyl (C=O) groups excluding carboxylic acids is 2. The van der Waals surface area contributed by atoms with Crippen LogP contribution in [0.25, 0.3) is 11.0 Å². The van der Waals surface area contributed by atoms with Crippen LogP contribution in [0.3, 0.4) is 0 Å². The lowest BCUT2D eigenvalue weighted by Gasteiger charge is -2.40. The summed E-state index contributed by atoms with van der Waals surface area (Å²) in [6.45, 7) is 8.25. The molecule has 1 fully saturated rings. The van der Waals surface area contributed by atoms with Crippen molar-refractivity contribution in [3.63, 3.8) is 0 Å². The molecule has 0 radical (unpaired) electrons. The number of aromatic nitrogens is 2. The van der Waals surface area contributed by atoms with E-state index >= 15 is 0 Å². The quantitative estimate of drug-likeness (QED) is 0.335. The van der Waals surface area contributed by atoms with Crippen molar-refractivity contribution < 1.29 is 32.2 Å². The molecule has 0 spiro atoms. The highest BCUT2D eigenvalue weighted by Gasteiger charge is 2.35. The second-order valence-corrected chi connectivity index (χ2v) is 11.0. The van der Waals surface area contributed by atoms with Gasteiger partial charge in [0.2, 0.25) is 5.95 Å². The van der Waals surface area contributed by atoms with Crippen LogP contribution in [0.5, 0.6) is 5.75 Å². The van der Waals surface area contributed by atoms with Crippen molar-refractivity contribution in [2.75, 3.05) is 12.4 Å². The van der Waals surface area contributed by atoms with Crippen LogP contribution in [0, 0.1) is 11.3 Å². The van der Waals surface area contributed by atoms with Crippen LogP contribution >= 0.6 is 0 Å². The highest BCUT2D eigenvalue weighted by Crippen LogP contribution is 2.46. The summed E-state index contributed by atoms with van der Waals surface area (Å²) in [5.74, 6) is -0.314. The van der Waals surface area contributed by atoms with Crippen LogP contribution in [-0.2, 0) is 9.53 Å². The Labute approximate surface area is 224 Å². The molecule has 1 amide bonds. The fraction of sp³-hybridized carbons (Fsp3) is 0.464. The lowest BCUT2D eigenvalue weighted by Crippen LogP contribution is -2.39. The largest absolute Gasteiger partial charge is 0.573 e. The fourth-order valence-electron chi connectivity index (χ4n) is 5.57. The lowest BCUT2D eigenvalue weighted by molar-refractivity contribution is -0.274. The van der Waals surface area contributed by atoms with Gasteiger partial charge in [-0.2, -0.15) is 0 Å². The number of esters is 1. The van der Waals surface area contributed by atoms with E-state index in [-0.39, 0.29) is 17.2 Å². The molecule has 39 heavy (non-hydrogen) atoms. The van der Waals surface area contributed by atoms with Crippen LogP contribution in [0.4, 0.5) is 24.8 Å². The van der Waals surface area contributed by atoms with Crippen LogP contribution in [-0.4, -0.2) is 40.9 Å². The minimum atomic E-state index is -4.77. The smallest absolute Gasteiger partial charge is 0.467 e. The molecule has 0 bridgehead atoms. The number of imidazole rings is 1. The van der Waals surface area contributed by atoms with E-state index in [0.717, 1.165) is 24.8 Å². The van der Waals surface area contributed by atoms with E-state index < -0.39 is 24.3 Å². The van der Waals surface area contributed by atoms with Gasteiger partial charge in [0.05, 0.1) is 18.1 Å². The monoisotopic (exact) mass is 546 g/mol. The van der Waals surface area contributed by atoms with Crippen LogP contribution < -0.4 is 15.4 Å². The zero-order chi connectivity index (χ0) is 28.5. The van der Waals surface area contributed by atoms with Gasteiger partial charge in [-0.3, -0.25) is 4.79 Å². The van der Waals surface area contributed by atoms with Gasteiger partial charge in [-0.05, 0) is 80.0 Å². The highest BCUT2D eigenvalue weighted by atomic mass is 19.4. The first-order valence-corrected chi connectivity index (χ1v) is 12.8. The molecule has 8 nitrogen and oxygen atoms in total. The summed E-state index contributed by atoms with van der Waals surface area (Å²) in [4.78, 5) is 29.3. The standard InChI is InChI=1S/C28H33F3N4O4/c1-16-12-20(15-27(3,4)14-16)35-23-11-6-18(24(36)32-17(2)25(37)38-5)13-22(23)34-26(35)33-19-7-9-21(10-8-19)39-28(29,30)31/h6-11,13,16-17,20H,12,14-15H2,1-5H3,(H,32,36)(H,33,34). The van der Waals surface area contributed by atoms with E-state index in [9.17, 15) is 22.8 Å². The Morgan fingerprint density at radius 1 is 1.13 bits per heavy atom. The molecule has 1 saturated carbocycles. The number of fused-ring (bicyclic) bond motifs is 1. The van der Waals surface area contributed by atoms with E-state index in [4.69, 9.17) is 4.98 Å². The minimum absolute atomic E-state index is 0.108. The van der Waals surface area contributed by atoms with Crippen LogP contribution in [0.1, 0.15) is 63.4 Å². The second kappa shape index (κ2) is 10.8. The van der Waals surface area contributed by atoms with E-state index in [1.54, 1.807) is 12.1 Å². The molecular formula is C28H33F3N4O4. The number of halogens is 3. The maximum absolute atomic E-state index is 12.8. The first kappa shape index (κ1) is 28.3. The number of hydrogen-bond donors (Lipinski definition) is 2. The molecule has 3 unspecified atom stereocenters. The van der Waals surface area contributed by atoms with Crippen molar-refractivity contribution in [1.82, 2.24) is 14.9 Å². The molecule has 11 heteroatoms. The molecule has 1 heterocycles. The molecule has 1 aliphatic rings. The Hall–Kier alpha value is -3.76. The van der Waals surface area contributed by atoms with Gasteiger partial charge in [0.25, 0.3) is 5.91 Å². The molecule has 0 aliphatic heterocycles. The van der Waals surface area contributed by atoms with Crippen molar-refractivity contribution in [2.45, 2.75) is 65.4 Å². The van der Waals surface area contributed by atoms with E-state index in [2.05, 4.69) is 45.4 Å². The number of hydrogen-bond acceptors (Lipinski definition) is 6. The first-order valence-electron chi connectivity index (χ1n) is 12.8.